The molecule has 1 aromatic carbocycles. The van der Waals surface area contributed by atoms with Crippen molar-refractivity contribution in [3.63, 3.8) is 0 Å². The van der Waals surface area contributed by atoms with E-state index in [0.29, 0.717) is 17.9 Å². The average molecular weight is 324 g/mol. The number of halogens is 2. The van der Waals surface area contributed by atoms with Crippen molar-refractivity contribution in [1.82, 2.24) is 5.32 Å². The maximum absolute atomic E-state index is 11.8. The van der Waals surface area contributed by atoms with E-state index in [1.165, 1.54) is 7.11 Å². The lowest BCUT2D eigenvalue weighted by molar-refractivity contribution is 0.0938. The van der Waals surface area contributed by atoms with Gasteiger partial charge in [0.1, 0.15) is 5.75 Å². The molecule has 4 nitrogen and oxygen atoms in total. The van der Waals surface area contributed by atoms with Crippen LogP contribution < -0.4 is 15.8 Å². The quantitative estimate of drug-likeness (QED) is 0.890. The number of amides is 1. The number of nitrogens with one attached hydrogen (secondary N) is 1. The van der Waals surface area contributed by atoms with Crippen LogP contribution in [0.3, 0.4) is 0 Å². The highest BCUT2D eigenvalue weighted by Crippen LogP contribution is 2.23. The van der Waals surface area contributed by atoms with E-state index in [-0.39, 0.29) is 24.4 Å². The third-order valence-electron chi connectivity index (χ3n) is 2.14. The maximum Gasteiger partial charge on any atom is 0.255 e. The Bertz CT molecular complexity index is 388. The molecule has 0 aliphatic carbocycles. The molecule has 1 amide bonds. The molecule has 6 heteroatoms. The van der Waals surface area contributed by atoms with Crippen LogP contribution in [-0.4, -0.2) is 25.6 Å². The Balaban J connectivity index is 0.00000256. The Labute approximate surface area is 115 Å². The highest BCUT2D eigenvalue weighted by atomic mass is 79.9. The zero-order valence-electron chi connectivity index (χ0n) is 9.70. The Morgan fingerprint density at radius 2 is 2.24 bits per heavy atom. The van der Waals surface area contributed by atoms with E-state index < -0.39 is 0 Å². The second-order valence-corrected chi connectivity index (χ2v) is 4.37. The molecule has 1 rings (SSSR count). The normalized spacial score (nSPS) is 11.3. The highest BCUT2D eigenvalue weighted by molar-refractivity contribution is 9.10. The molecular weight excluding hydrogens is 307 g/mol. The van der Waals surface area contributed by atoms with Crippen molar-refractivity contribution < 1.29 is 9.53 Å². The van der Waals surface area contributed by atoms with Gasteiger partial charge in [0.2, 0.25) is 0 Å². The molecule has 0 aliphatic heterocycles. The Morgan fingerprint density at radius 3 is 2.76 bits per heavy atom. The first-order valence-electron chi connectivity index (χ1n) is 4.93. The number of hydrogen-bond donors (Lipinski definition) is 2. The summed E-state index contributed by atoms with van der Waals surface area (Å²) in [7, 11) is 1.53. The second-order valence-electron chi connectivity index (χ2n) is 3.45. The van der Waals surface area contributed by atoms with Gasteiger partial charge in [-0.2, -0.15) is 0 Å². The van der Waals surface area contributed by atoms with Gasteiger partial charge in [0.05, 0.1) is 12.7 Å². The Morgan fingerprint density at radius 1 is 1.59 bits per heavy atom. The summed E-state index contributed by atoms with van der Waals surface area (Å²) in [6, 6.07) is 5.20. The Kier molecular flexibility index (Phi) is 7.18. The molecule has 1 aromatic rings. The third-order valence-corrected chi connectivity index (χ3v) is 2.63. The molecule has 3 N–H and O–H groups in total. The minimum Gasteiger partial charge on any atom is -0.496 e. The highest BCUT2D eigenvalue weighted by Gasteiger charge is 2.13. The average Bonchev–Trinajstić information content (AvgIpc) is 2.28. The number of rotatable bonds is 4. The number of benzene rings is 1. The number of nitrogens with two attached hydrogens (primary N) is 1. The molecule has 0 heterocycles. The minimum atomic E-state index is -0.178. The van der Waals surface area contributed by atoms with Crippen molar-refractivity contribution in [3.05, 3.63) is 28.2 Å². The molecule has 96 valence electrons. The van der Waals surface area contributed by atoms with Crippen LogP contribution in [0.15, 0.2) is 22.7 Å². The summed E-state index contributed by atoms with van der Waals surface area (Å²) in [4.78, 5) is 11.8. The van der Waals surface area contributed by atoms with Gasteiger partial charge in [-0.25, -0.2) is 0 Å². The van der Waals surface area contributed by atoms with Crippen molar-refractivity contribution in [2.75, 3.05) is 13.7 Å². The predicted octanol–water partition coefficient (Wildman–Crippen LogP) is 1.96. The fraction of sp³-hybridized carbons (Fsp3) is 0.364. The van der Waals surface area contributed by atoms with Crippen LogP contribution in [0, 0.1) is 0 Å². The van der Waals surface area contributed by atoms with E-state index in [1.807, 2.05) is 6.92 Å². The number of ether oxygens (including phenoxy) is 1. The van der Waals surface area contributed by atoms with Crippen LogP contribution in [0.25, 0.3) is 0 Å². The molecule has 0 radical (unpaired) electrons. The molecule has 0 aromatic heterocycles. The van der Waals surface area contributed by atoms with Crippen LogP contribution in [0.1, 0.15) is 17.3 Å². The molecule has 0 saturated carbocycles. The van der Waals surface area contributed by atoms with Gasteiger partial charge in [-0.1, -0.05) is 15.9 Å². The number of carbonyl (C=O) groups is 1. The van der Waals surface area contributed by atoms with Gasteiger partial charge in [0.25, 0.3) is 5.91 Å². The van der Waals surface area contributed by atoms with Crippen LogP contribution in [-0.2, 0) is 0 Å². The lowest BCUT2D eigenvalue weighted by atomic mass is 10.1. The van der Waals surface area contributed by atoms with Crippen molar-refractivity contribution >= 4 is 34.2 Å². The van der Waals surface area contributed by atoms with Gasteiger partial charge in [-0.15, -0.1) is 12.4 Å². The summed E-state index contributed by atoms with van der Waals surface area (Å²) in [5.74, 6) is 0.360. The second kappa shape index (κ2) is 7.53. The smallest absolute Gasteiger partial charge is 0.255 e. The summed E-state index contributed by atoms with van der Waals surface area (Å²) in [6.07, 6.45) is 0. The predicted molar refractivity (Wildman–Crippen MR) is 73.9 cm³/mol. The lowest BCUT2D eigenvalue weighted by Gasteiger charge is -2.13. The van der Waals surface area contributed by atoms with Gasteiger partial charge in [0.15, 0.2) is 0 Å². The molecule has 0 spiro atoms. The summed E-state index contributed by atoms with van der Waals surface area (Å²) >= 11 is 3.32. The lowest BCUT2D eigenvalue weighted by Crippen LogP contribution is -2.37. The van der Waals surface area contributed by atoms with E-state index in [9.17, 15) is 4.79 Å². The fourth-order valence-corrected chi connectivity index (χ4v) is 1.55. The molecule has 0 saturated heterocycles. The van der Waals surface area contributed by atoms with Crippen LogP contribution in [0.4, 0.5) is 0 Å². The fourth-order valence-electron chi connectivity index (χ4n) is 1.21. The van der Waals surface area contributed by atoms with Crippen molar-refractivity contribution in [2.24, 2.45) is 5.73 Å². The zero-order valence-corrected chi connectivity index (χ0v) is 12.1. The van der Waals surface area contributed by atoms with Gasteiger partial charge in [-0.05, 0) is 25.1 Å². The minimum absolute atomic E-state index is 0. The Hall–Kier alpha value is -0.780. The molecule has 0 unspecified atom stereocenters. The van der Waals surface area contributed by atoms with Gasteiger partial charge in [-0.3, -0.25) is 4.79 Å². The topological polar surface area (TPSA) is 64.3 Å². The number of hydrogen-bond acceptors (Lipinski definition) is 3. The first-order chi connectivity index (χ1) is 7.58. The first kappa shape index (κ1) is 16.2. The standard InChI is InChI=1S/C11H15BrN2O2.ClH/c1-7(6-13)14-11(15)9-4-3-8(12)5-10(9)16-2;/h3-5,7H,6,13H2,1-2H3,(H,14,15);1H/t7-;/m0./s1. The number of carbonyl (C=O) groups excluding carboxylic acids is 1. The molecule has 1 atom stereocenters. The number of methoxy groups -OCH3 is 1. The van der Waals surface area contributed by atoms with E-state index in [1.54, 1.807) is 18.2 Å². The largest absolute Gasteiger partial charge is 0.496 e. The van der Waals surface area contributed by atoms with E-state index in [4.69, 9.17) is 10.5 Å². The monoisotopic (exact) mass is 322 g/mol. The van der Waals surface area contributed by atoms with E-state index >= 15 is 0 Å². The molecule has 0 fully saturated rings. The summed E-state index contributed by atoms with van der Waals surface area (Å²) in [5, 5.41) is 2.78. The van der Waals surface area contributed by atoms with Crippen molar-refractivity contribution in [3.8, 4) is 5.75 Å². The first-order valence-corrected chi connectivity index (χ1v) is 5.72. The molecular formula is C11H16BrClN2O2. The molecule has 17 heavy (non-hydrogen) atoms. The van der Waals surface area contributed by atoms with E-state index in [0.717, 1.165) is 4.47 Å². The van der Waals surface area contributed by atoms with Crippen molar-refractivity contribution in [1.29, 1.82) is 0 Å². The van der Waals surface area contributed by atoms with Crippen LogP contribution in [0.2, 0.25) is 0 Å². The summed E-state index contributed by atoms with van der Waals surface area (Å²) < 4.78 is 6.01. The maximum atomic E-state index is 11.8. The summed E-state index contributed by atoms with van der Waals surface area (Å²) in [6.45, 7) is 2.26. The van der Waals surface area contributed by atoms with Crippen LogP contribution in [0.5, 0.6) is 5.75 Å². The van der Waals surface area contributed by atoms with Gasteiger partial charge >= 0.3 is 0 Å². The molecule has 0 aliphatic rings. The summed E-state index contributed by atoms with van der Waals surface area (Å²) in [5.41, 5.74) is 5.95. The van der Waals surface area contributed by atoms with E-state index in [2.05, 4.69) is 21.2 Å². The zero-order chi connectivity index (χ0) is 12.1. The SMILES string of the molecule is COc1cc(Br)ccc1C(=O)N[C@@H](C)CN.Cl. The van der Waals surface area contributed by atoms with Crippen LogP contribution >= 0.6 is 28.3 Å². The van der Waals surface area contributed by atoms with Gasteiger partial charge in [0, 0.05) is 17.1 Å². The molecule has 0 bridgehead atoms. The third kappa shape index (κ3) is 4.53. The van der Waals surface area contributed by atoms with Crippen molar-refractivity contribution in [2.45, 2.75) is 13.0 Å². The van der Waals surface area contributed by atoms with Gasteiger partial charge < -0.3 is 15.8 Å².